The Hall–Kier alpha value is -2.43. The summed E-state index contributed by atoms with van der Waals surface area (Å²) in [7, 11) is 0. The summed E-state index contributed by atoms with van der Waals surface area (Å²) in [6, 6.07) is 9.30. The van der Waals surface area contributed by atoms with Crippen molar-refractivity contribution in [1.82, 2.24) is 20.1 Å². The number of aryl methyl sites for hydroxylation is 1. The van der Waals surface area contributed by atoms with E-state index < -0.39 is 0 Å². The van der Waals surface area contributed by atoms with E-state index in [4.69, 9.17) is 14.7 Å². The van der Waals surface area contributed by atoms with Gasteiger partial charge >= 0.3 is 0 Å². The van der Waals surface area contributed by atoms with E-state index in [-0.39, 0.29) is 6.10 Å². The summed E-state index contributed by atoms with van der Waals surface area (Å²) in [5, 5.41) is 15.9. The lowest BCUT2D eigenvalue weighted by Crippen LogP contribution is -2.40. The zero-order valence-electron chi connectivity index (χ0n) is 13.0. The fourth-order valence-corrected chi connectivity index (χ4v) is 2.51. The molecule has 0 aliphatic carbocycles. The van der Waals surface area contributed by atoms with Crippen molar-refractivity contribution < 1.29 is 9.47 Å². The van der Waals surface area contributed by atoms with Gasteiger partial charge in [0.25, 0.3) is 0 Å². The van der Waals surface area contributed by atoms with Gasteiger partial charge in [-0.15, -0.1) is 0 Å². The number of H-pyrrole nitrogens is 1. The Kier molecular flexibility index (Phi) is 4.86. The molecule has 23 heavy (non-hydrogen) atoms. The normalized spacial score (nSPS) is 18.5. The SMILES string of the molecule is Cc1nc([C@@H]2CN(CCOc3cccc(C#N)c3)CCO2)n[nH]1. The monoisotopic (exact) mass is 313 g/mol. The smallest absolute Gasteiger partial charge is 0.180 e. The fourth-order valence-electron chi connectivity index (χ4n) is 2.51. The first kappa shape index (κ1) is 15.5. The van der Waals surface area contributed by atoms with Crippen LogP contribution >= 0.6 is 0 Å². The van der Waals surface area contributed by atoms with Crippen LogP contribution in [0.25, 0.3) is 0 Å². The second-order valence-corrected chi connectivity index (χ2v) is 5.43. The largest absolute Gasteiger partial charge is 0.492 e. The van der Waals surface area contributed by atoms with Crippen molar-refractivity contribution in [3.8, 4) is 11.8 Å². The van der Waals surface area contributed by atoms with Gasteiger partial charge in [-0.3, -0.25) is 10.00 Å². The van der Waals surface area contributed by atoms with Crippen molar-refractivity contribution in [3.63, 3.8) is 0 Å². The highest BCUT2D eigenvalue weighted by Crippen LogP contribution is 2.19. The molecule has 1 aliphatic rings. The Morgan fingerprint density at radius 1 is 1.52 bits per heavy atom. The van der Waals surface area contributed by atoms with Gasteiger partial charge in [-0.2, -0.15) is 10.4 Å². The number of hydrogen-bond donors (Lipinski definition) is 1. The molecule has 1 aromatic carbocycles. The van der Waals surface area contributed by atoms with Crippen LogP contribution in [0.1, 0.15) is 23.3 Å². The number of nitrogens with zero attached hydrogens (tertiary/aromatic N) is 4. The number of morpholine rings is 1. The molecule has 7 nitrogen and oxygen atoms in total. The molecule has 2 heterocycles. The van der Waals surface area contributed by atoms with Crippen molar-refractivity contribution in [2.24, 2.45) is 0 Å². The van der Waals surface area contributed by atoms with Gasteiger partial charge in [0, 0.05) is 19.6 Å². The molecule has 0 spiro atoms. The molecule has 7 heteroatoms. The van der Waals surface area contributed by atoms with Gasteiger partial charge in [-0.05, 0) is 25.1 Å². The standard InChI is InChI=1S/C16H19N5O2/c1-12-18-16(20-19-12)15-11-21(6-8-23-15)5-7-22-14-4-2-3-13(9-14)10-17/h2-4,9,15H,5-8,11H2,1H3,(H,18,19,20)/t15-/m0/s1. The third-order valence-electron chi connectivity index (χ3n) is 3.69. The lowest BCUT2D eigenvalue weighted by Gasteiger charge is -2.31. The lowest BCUT2D eigenvalue weighted by molar-refractivity contribution is -0.0369. The predicted molar refractivity (Wildman–Crippen MR) is 82.9 cm³/mol. The van der Waals surface area contributed by atoms with E-state index in [0.29, 0.717) is 24.6 Å². The Labute approximate surface area is 134 Å². The maximum absolute atomic E-state index is 8.89. The van der Waals surface area contributed by atoms with Gasteiger partial charge in [0.15, 0.2) is 5.82 Å². The molecule has 1 N–H and O–H groups in total. The summed E-state index contributed by atoms with van der Waals surface area (Å²) in [6.07, 6.45) is -0.101. The highest BCUT2D eigenvalue weighted by atomic mass is 16.5. The topological polar surface area (TPSA) is 87.1 Å². The summed E-state index contributed by atoms with van der Waals surface area (Å²) in [4.78, 5) is 6.61. The van der Waals surface area contributed by atoms with E-state index in [1.54, 1.807) is 12.1 Å². The number of nitriles is 1. The van der Waals surface area contributed by atoms with Crippen LogP contribution in [0.15, 0.2) is 24.3 Å². The van der Waals surface area contributed by atoms with Crippen LogP contribution in [0.4, 0.5) is 0 Å². The third kappa shape index (κ3) is 4.06. The molecule has 1 fully saturated rings. The van der Waals surface area contributed by atoms with Crippen LogP contribution in [-0.4, -0.2) is 52.9 Å². The minimum absolute atomic E-state index is 0.101. The maximum Gasteiger partial charge on any atom is 0.180 e. The van der Waals surface area contributed by atoms with Gasteiger partial charge in [-0.25, -0.2) is 4.98 Å². The summed E-state index contributed by atoms with van der Waals surface area (Å²) < 4.78 is 11.5. The first-order valence-corrected chi connectivity index (χ1v) is 7.60. The molecule has 120 valence electrons. The predicted octanol–water partition coefficient (Wildman–Crippen LogP) is 1.44. The molecule has 1 atom stereocenters. The third-order valence-corrected chi connectivity index (χ3v) is 3.69. The van der Waals surface area contributed by atoms with Gasteiger partial charge in [0.05, 0.1) is 18.2 Å². The molecular formula is C16H19N5O2. The number of hydrogen-bond acceptors (Lipinski definition) is 6. The number of rotatable bonds is 5. The van der Waals surface area contributed by atoms with Crippen molar-refractivity contribution in [2.45, 2.75) is 13.0 Å². The fraction of sp³-hybridized carbons (Fsp3) is 0.438. The minimum atomic E-state index is -0.101. The van der Waals surface area contributed by atoms with E-state index in [2.05, 4.69) is 26.2 Å². The van der Waals surface area contributed by atoms with E-state index >= 15 is 0 Å². The summed E-state index contributed by atoms with van der Waals surface area (Å²) in [5.74, 6) is 2.22. The summed E-state index contributed by atoms with van der Waals surface area (Å²) in [6.45, 7) is 5.50. The van der Waals surface area contributed by atoms with Crippen LogP contribution in [0, 0.1) is 18.3 Å². The van der Waals surface area contributed by atoms with Gasteiger partial charge in [0.1, 0.15) is 24.3 Å². The average molecular weight is 313 g/mol. The average Bonchev–Trinajstić information content (AvgIpc) is 3.02. The van der Waals surface area contributed by atoms with Gasteiger partial charge in [-0.1, -0.05) is 6.07 Å². The number of nitrogens with one attached hydrogen (secondary N) is 1. The highest BCUT2D eigenvalue weighted by molar-refractivity contribution is 5.36. The summed E-state index contributed by atoms with van der Waals surface area (Å²) in [5.41, 5.74) is 0.605. The van der Waals surface area contributed by atoms with Crippen LogP contribution in [0.5, 0.6) is 5.75 Å². The zero-order valence-corrected chi connectivity index (χ0v) is 13.0. The molecule has 1 saturated heterocycles. The van der Waals surface area contributed by atoms with E-state index in [9.17, 15) is 0 Å². The molecule has 0 radical (unpaired) electrons. The molecular weight excluding hydrogens is 294 g/mol. The lowest BCUT2D eigenvalue weighted by atomic mass is 10.2. The number of aromatic nitrogens is 3. The van der Waals surface area contributed by atoms with Crippen LogP contribution in [-0.2, 0) is 4.74 Å². The van der Waals surface area contributed by atoms with Crippen molar-refractivity contribution in [3.05, 3.63) is 41.5 Å². The van der Waals surface area contributed by atoms with Crippen LogP contribution < -0.4 is 4.74 Å². The zero-order chi connectivity index (χ0) is 16.1. The molecule has 0 bridgehead atoms. The Morgan fingerprint density at radius 3 is 3.22 bits per heavy atom. The molecule has 0 saturated carbocycles. The Balaban J connectivity index is 1.49. The number of ether oxygens (including phenoxy) is 2. The molecule has 3 rings (SSSR count). The second kappa shape index (κ2) is 7.22. The van der Waals surface area contributed by atoms with E-state index in [1.807, 2.05) is 19.1 Å². The quantitative estimate of drug-likeness (QED) is 0.898. The van der Waals surface area contributed by atoms with Crippen molar-refractivity contribution in [1.29, 1.82) is 5.26 Å². The Bertz CT molecular complexity index is 694. The molecule has 0 unspecified atom stereocenters. The first-order valence-electron chi connectivity index (χ1n) is 7.60. The van der Waals surface area contributed by atoms with Crippen LogP contribution in [0.3, 0.4) is 0 Å². The van der Waals surface area contributed by atoms with Crippen molar-refractivity contribution >= 4 is 0 Å². The molecule has 1 aromatic heterocycles. The highest BCUT2D eigenvalue weighted by Gasteiger charge is 2.24. The molecule has 2 aromatic rings. The first-order chi connectivity index (χ1) is 11.2. The number of benzene rings is 1. The molecule has 0 amide bonds. The Morgan fingerprint density at radius 2 is 2.43 bits per heavy atom. The summed E-state index contributed by atoms with van der Waals surface area (Å²) >= 11 is 0. The van der Waals surface area contributed by atoms with E-state index in [1.165, 1.54) is 0 Å². The second-order valence-electron chi connectivity index (χ2n) is 5.43. The minimum Gasteiger partial charge on any atom is -0.492 e. The van der Waals surface area contributed by atoms with Crippen LogP contribution in [0.2, 0.25) is 0 Å². The molecule has 1 aliphatic heterocycles. The maximum atomic E-state index is 8.89. The van der Waals surface area contributed by atoms with Gasteiger partial charge in [0.2, 0.25) is 0 Å². The van der Waals surface area contributed by atoms with Crippen molar-refractivity contribution in [2.75, 3.05) is 32.8 Å². The van der Waals surface area contributed by atoms with Gasteiger partial charge < -0.3 is 9.47 Å². The number of aromatic amines is 1. The van der Waals surface area contributed by atoms with E-state index in [0.717, 1.165) is 31.2 Å².